The van der Waals surface area contributed by atoms with E-state index in [0.29, 0.717) is 39.5 Å². The molecular formula is C22H25N3O3S. The third kappa shape index (κ3) is 4.15. The van der Waals surface area contributed by atoms with Gasteiger partial charge in [-0.25, -0.2) is 9.78 Å². The molecule has 7 heteroatoms. The Kier molecular flexibility index (Phi) is 6.27. The highest BCUT2D eigenvalue weighted by Crippen LogP contribution is 2.40. The molecule has 152 valence electrons. The molecule has 1 aliphatic heterocycles. The Labute approximate surface area is 174 Å². The van der Waals surface area contributed by atoms with Crippen molar-refractivity contribution in [3.05, 3.63) is 75.2 Å². The van der Waals surface area contributed by atoms with Crippen molar-refractivity contribution in [2.75, 3.05) is 18.2 Å². The van der Waals surface area contributed by atoms with Crippen LogP contribution in [0, 0.1) is 0 Å². The van der Waals surface area contributed by atoms with Crippen molar-refractivity contribution in [2.45, 2.75) is 37.8 Å². The Morgan fingerprint density at radius 2 is 2.03 bits per heavy atom. The van der Waals surface area contributed by atoms with Gasteiger partial charge in [0, 0.05) is 11.4 Å². The van der Waals surface area contributed by atoms with E-state index in [4.69, 9.17) is 4.74 Å². The summed E-state index contributed by atoms with van der Waals surface area (Å²) in [5.41, 5.74) is 3.20. The summed E-state index contributed by atoms with van der Waals surface area (Å²) in [4.78, 5) is 33.0. The van der Waals surface area contributed by atoms with Gasteiger partial charge in [0.2, 0.25) is 0 Å². The van der Waals surface area contributed by atoms with Crippen LogP contribution < -0.4 is 10.9 Å². The van der Waals surface area contributed by atoms with Crippen LogP contribution in [0.25, 0.3) is 0 Å². The third-order valence-electron chi connectivity index (χ3n) is 4.90. The van der Waals surface area contributed by atoms with Gasteiger partial charge in [0.1, 0.15) is 5.82 Å². The molecule has 0 fully saturated rings. The van der Waals surface area contributed by atoms with Gasteiger partial charge in [-0.15, -0.1) is 6.58 Å². The van der Waals surface area contributed by atoms with E-state index in [1.165, 1.54) is 24.4 Å². The number of anilines is 1. The number of ether oxygens (including phenoxy) is 1. The number of aromatic nitrogens is 2. The molecule has 2 aromatic rings. The van der Waals surface area contributed by atoms with Crippen molar-refractivity contribution < 1.29 is 9.53 Å². The first-order valence-corrected chi connectivity index (χ1v) is 10.4. The number of fused-ring (bicyclic) bond motifs is 1. The largest absolute Gasteiger partial charge is 0.466 e. The summed E-state index contributed by atoms with van der Waals surface area (Å²) in [6.45, 7) is 9.73. The van der Waals surface area contributed by atoms with Crippen LogP contribution in [0.5, 0.6) is 0 Å². The summed E-state index contributed by atoms with van der Waals surface area (Å²) in [6, 6.07) is 7.99. The van der Waals surface area contributed by atoms with Crippen molar-refractivity contribution in [3.63, 3.8) is 0 Å². The number of hydrogen-bond acceptors (Lipinski definition) is 6. The number of nitrogens with zero attached hydrogens (tertiary/aromatic N) is 1. The Balaban J connectivity index is 2.18. The first kappa shape index (κ1) is 20.9. The minimum Gasteiger partial charge on any atom is -0.466 e. The number of thioether (sulfide) groups is 1. The molecule has 2 heterocycles. The molecule has 0 amide bonds. The molecule has 0 saturated heterocycles. The maximum Gasteiger partial charge on any atom is 0.336 e. The van der Waals surface area contributed by atoms with E-state index in [1.54, 1.807) is 13.0 Å². The van der Waals surface area contributed by atoms with Gasteiger partial charge in [-0.05, 0) is 24.0 Å². The average Bonchev–Trinajstić information content (AvgIpc) is 2.70. The molecule has 1 aromatic carbocycles. The van der Waals surface area contributed by atoms with Gasteiger partial charge in [0.25, 0.3) is 5.56 Å². The second-order valence-corrected chi connectivity index (χ2v) is 8.15. The zero-order valence-electron chi connectivity index (χ0n) is 17.0. The van der Waals surface area contributed by atoms with Crippen LogP contribution >= 0.6 is 11.8 Å². The molecule has 1 atom stereocenters. The Morgan fingerprint density at radius 3 is 2.62 bits per heavy atom. The fourth-order valence-corrected chi connectivity index (χ4v) is 4.02. The SMILES string of the molecule is C=CCSc1nc2c(c(=O)[nH]1)[C@H](c1ccc(C(C)C)cc1)C(C(=O)OC)=C(C)N2. The van der Waals surface area contributed by atoms with Crippen LogP contribution in [0.15, 0.2) is 58.1 Å². The lowest BCUT2D eigenvalue weighted by atomic mass is 9.82. The van der Waals surface area contributed by atoms with Crippen molar-refractivity contribution in [2.24, 2.45) is 0 Å². The molecule has 0 radical (unpaired) electrons. The van der Waals surface area contributed by atoms with E-state index >= 15 is 0 Å². The van der Waals surface area contributed by atoms with Gasteiger partial charge in [0.15, 0.2) is 5.16 Å². The molecule has 0 aliphatic carbocycles. The van der Waals surface area contributed by atoms with E-state index < -0.39 is 11.9 Å². The van der Waals surface area contributed by atoms with Gasteiger partial charge in [0.05, 0.1) is 24.2 Å². The minimum absolute atomic E-state index is 0.277. The molecule has 1 aliphatic rings. The number of carbonyl (C=O) groups excluding carboxylic acids is 1. The van der Waals surface area contributed by atoms with Gasteiger partial charge >= 0.3 is 5.97 Å². The lowest BCUT2D eigenvalue weighted by molar-refractivity contribution is -0.136. The smallest absolute Gasteiger partial charge is 0.336 e. The summed E-state index contributed by atoms with van der Waals surface area (Å²) in [6.07, 6.45) is 1.75. The molecule has 0 unspecified atom stereocenters. The maximum absolute atomic E-state index is 13.0. The number of benzene rings is 1. The Bertz CT molecular complexity index is 1020. The van der Waals surface area contributed by atoms with Crippen LogP contribution in [0.3, 0.4) is 0 Å². The van der Waals surface area contributed by atoms with Gasteiger partial charge in [-0.3, -0.25) is 4.79 Å². The first-order valence-electron chi connectivity index (χ1n) is 9.41. The summed E-state index contributed by atoms with van der Waals surface area (Å²) in [5.74, 6) is 0.446. The molecule has 3 rings (SSSR count). The summed E-state index contributed by atoms with van der Waals surface area (Å²) in [5, 5.41) is 3.62. The molecule has 0 spiro atoms. The number of rotatable bonds is 6. The highest BCUT2D eigenvalue weighted by atomic mass is 32.2. The topological polar surface area (TPSA) is 84.1 Å². The molecule has 0 saturated carbocycles. The van der Waals surface area contributed by atoms with Crippen LogP contribution in [0.1, 0.15) is 49.3 Å². The number of hydrogen-bond donors (Lipinski definition) is 2. The monoisotopic (exact) mass is 411 g/mol. The molecule has 29 heavy (non-hydrogen) atoms. The standard InChI is InChI=1S/C22H25N3O3S/c1-6-11-29-22-24-19-18(20(26)25-22)17(16(13(4)23-19)21(27)28-5)15-9-7-14(8-10-15)12(2)3/h6-10,12,17H,1,11H2,2-5H3,(H2,23,24,25,26)/t17-/m1/s1. The summed E-state index contributed by atoms with van der Waals surface area (Å²) >= 11 is 1.39. The van der Waals surface area contributed by atoms with Crippen LogP contribution in [-0.2, 0) is 9.53 Å². The molecule has 6 nitrogen and oxygen atoms in total. The number of esters is 1. The number of aromatic amines is 1. The predicted molar refractivity (Wildman–Crippen MR) is 116 cm³/mol. The number of methoxy groups -OCH3 is 1. The highest BCUT2D eigenvalue weighted by molar-refractivity contribution is 7.99. The first-order chi connectivity index (χ1) is 13.9. The third-order valence-corrected chi connectivity index (χ3v) is 5.77. The van der Waals surface area contributed by atoms with E-state index in [2.05, 4.69) is 35.7 Å². The Morgan fingerprint density at radius 1 is 1.34 bits per heavy atom. The van der Waals surface area contributed by atoms with Crippen molar-refractivity contribution >= 4 is 23.5 Å². The average molecular weight is 412 g/mol. The van der Waals surface area contributed by atoms with E-state index in [1.807, 2.05) is 24.3 Å². The summed E-state index contributed by atoms with van der Waals surface area (Å²) in [7, 11) is 1.34. The zero-order valence-corrected chi connectivity index (χ0v) is 17.9. The lowest BCUT2D eigenvalue weighted by Crippen LogP contribution is -2.31. The number of nitrogens with one attached hydrogen (secondary N) is 2. The van der Waals surface area contributed by atoms with Crippen molar-refractivity contribution in [3.8, 4) is 0 Å². The van der Waals surface area contributed by atoms with Crippen molar-refractivity contribution in [1.82, 2.24) is 9.97 Å². The van der Waals surface area contributed by atoms with Gasteiger partial charge < -0.3 is 15.0 Å². The summed E-state index contributed by atoms with van der Waals surface area (Å²) < 4.78 is 5.02. The van der Waals surface area contributed by atoms with E-state index in [0.717, 1.165) is 5.56 Å². The number of allylic oxidation sites excluding steroid dienone is 1. The van der Waals surface area contributed by atoms with Crippen LogP contribution in [-0.4, -0.2) is 28.8 Å². The lowest BCUT2D eigenvalue weighted by Gasteiger charge is -2.28. The molecular weight excluding hydrogens is 386 g/mol. The fourth-order valence-electron chi connectivity index (χ4n) is 3.42. The second kappa shape index (κ2) is 8.69. The van der Waals surface area contributed by atoms with E-state index in [9.17, 15) is 9.59 Å². The second-order valence-electron chi connectivity index (χ2n) is 7.14. The fraction of sp³-hybridized carbons (Fsp3) is 0.318. The minimum atomic E-state index is -0.561. The van der Waals surface area contributed by atoms with Gasteiger partial charge in [-0.2, -0.15) is 0 Å². The molecule has 2 N–H and O–H groups in total. The van der Waals surface area contributed by atoms with Crippen LogP contribution in [0.2, 0.25) is 0 Å². The van der Waals surface area contributed by atoms with E-state index in [-0.39, 0.29) is 5.56 Å². The predicted octanol–water partition coefficient (Wildman–Crippen LogP) is 4.18. The maximum atomic E-state index is 13.0. The number of H-pyrrole nitrogens is 1. The highest BCUT2D eigenvalue weighted by Gasteiger charge is 2.36. The zero-order chi connectivity index (χ0) is 21.1. The number of carbonyl (C=O) groups is 1. The Hall–Kier alpha value is -2.80. The van der Waals surface area contributed by atoms with Gasteiger partial charge in [-0.1, -0.05) is 56.0 Å². The van der Waals surface area contributed by atoms with Crippen LogP contribution in [0.4, 0.5) is 5.82 Å². The molecule has 0 bridgehead atoms. The molecule has 1 aromatic heterocycles. The quantitative estimate of drug-likeness (QED) is 0.321. The normalized spacial score (nSPS) is 15.7. The van der Waals surface area contributed by atoms with Crippen molar-refractivity contribution in [1.29, 1.82) is 0 Å².